The molecule has 0 fully saturated rings. The largest absolute Gasteiger partial charge is 0.395 e. The predicted molar refractivity (Wildman–Crippen MR) is 89.0 cm³/mol. The van der Waals surface area contributed by atoms with E-state index < -0.39 is 0 Å². The number of hydrogen-bond donors (Lipinski definition) is 2. The summed E-state index contributed by atoms with van der Waals surface area (Å²) in [7, 11) is 0. The molecule has 2 N–H and O–H groups in total. The SMILES string of the molecule is CCCc1sc(C(=O)NC(C)C(CO)SC)cc1CC. The fraction of sp³-hybridized carbons (Fsp3) is 0.667. The highest BCUT2D eigenvalue weighted by molar-refractivity contribution is 7.99. The lowest BCUT2D eigenvalue weighted by Gasteiger charge is -2.20. The van der Waals surface area contributed by atoms with E-state index in [1.165, 1.54) is 10.4 Å². The summed E-state index contributed by atoms with van der Waals surface area (Å²) in [6.45, 7) is 6.30. The molecule has 0 saturated heterocycles. The highest BCUT2D eigenvalue weighted by Crippen LogP contribution is 2.25. The molecule has 0 radical (unpaired) electrons. The van der Waals surface area contributed by atoms with Crippen LogP contribution in [0.1, 0.15) is 47.3 Å². The van der Waals surface area contributed by atoms with Crippen molar-refractivity contribution in [3.8, 4) is 0 Å². The highest BCUT2D eigenvalue weighted by atomic mass is 32.2. The Morgan fingerprint density at radius 2 is 2.20 bits per heavy atom. The Balaban J connectivity index is 2.77. The van der Waals surface area contributed by atoms with Crippen LogP contribution in [0.2, 0.25) is 0 Å². The second-order valence-electron chi connectivity index (χ2n) is 4.88. The molecule has 1 aromatic heterocycles. The van der Waals surface area contributed by atoms with Crippen molar-refractivity contribution >= 4 is 29.0 Å². The number of thioether (sulfide) groups is 1. The van der Waals surface area contributed by atoms with Crippen molar-refractivity contribution in [3.05, 3.63) is 21.4 Å². The molecule has 20 heavy (non-hydrogen) atoms. The molecule has 0 spiro atoms. The van der Waals surface area contributed by atoms with Gasteiger partial charge in [0.05, 0.1) is 11.5 Å². The molecular weight excluding hydrogens is 290 g/mol. The summed E-state index contributed by atoms with van der Waals surface area (Å²) in [4.78, 5) is 14.4. The van der Waals surface area contributed by atoms with Gasteiger partial charge in [0.15, 0.2) is 0 Å². The molecule has 0 bridgehead atoms. The number of nitrogens with one attached hydrogen (secondary N) is 1. The quantitative estimate of drug-likeness (QED) is 0.775. The van der Waals surface area contributed by atoms with Crippen molar-refractivity contribution in [2.75, 3.05) is 12.9 Å². The summed E-state index contributed by atoms with van der Waals surface area (Å²) in [6, 6.07) is 1.98. The van der Waals surface area contributed by atoms with Crippen LogP contribution in [0.15, 0.2) is 6.07 Å². The summed E-state index contributed by atoms with van der Waals surface area (Å²) >= 11 is 3.18. The lowest BCUT2D eigenvalue weighted by molar-refractivity contribution is 0.0940. The minimum atomic E-state index is -0.0377. The number of carbonyl (C=O) groups is 1. The maximum Gasteiger partial charge on any atom is 0.261 e. The average molecular weight is 316 g/mol. The van der Waals surface area contributed by atoms with Crippen LogP contribution in [0.25, 0.3) is 0 Å². The lowest BCUT2D eigenvalue weighted by Crippen LogP contribution is -2.40. The van der Waals surface area contributed by atoms with Gasteiger partial charge < -0.3 is 10.4 Å². The number of aryl methyl sites for hydroxylation is 2. The molecule has 114 valence electrons. The molecular formula is C15H25NO2S2. The molecule has 3 nitrogen and oxygen atoms in total. The van der Waals surface area contributed by atoms with Crippen molar-refractivity contribution in [2.45, 2.75) is 51.3 Å². The van der Waals surface area contributed by atoms with Gasteiger partial charge in [0.25, 0.3) is 5.91 Å². The Morgan fingerprint density at radius 1 is 1.50 bits per heavy atom. The fourth-order valence-corrected chi connectivity index (χ4v) is 4.01. The highest BCUT2D eigenvalue weighted by Gasteiger charge is 2.20. The van der Waals surface area contributed by atoms with E-state index in [1.54, 1.807) is 23.1 Å². The minimum absolute atomic E-state index is 0.0212. The number of aliphatic hydroxyl groups excluding tert-OH is 1. The van der Waals surface area contributed by atoms with E-state index in [1.807, 2.05) is 19.2 Å². The predicted octanol–water partition coefficient (Wildman–Crippen LogP) is 3.11. The van der Waals surface area contributed by atoms with Crippen molar-refractivity contribution < 1.29 is 9.90 Å². The standard InChI is InChI=1S/C15H25NO2S2/c1-5-7-12-11(6-2)8-13(20-12)15(18)16-10(3)14(9-17)19-4/h8,10,14,17H,5-7,9H2,1-4H3,(H,16,18). The van der Waals surface area contributed by atoms with Crippen LogP contribution < -0.4 is 5.32 Å². The Hall–Kier alpha value is -0.520. The van der Waals surface area contributed by atoms with Crippen LogP contribution in [0.4, 0.5) is 0 Å². The van der Waals surface area contributed by atoms with E-state index in [-0.39, 0.29) is 23.8 Å². The number of hydrogen-bond acceptors (Lipinski definition) is 4. The maximum atomic E-state index is 12.3. The number of thiophene rings is 1. The summed E-state index contributed by atoms with van der Waals surface area (Å²) in [5.74, 6) is -0.0212. The second-order valence-corrected chi connectivity index (χ2v) is 7.10. The molecule has 1 amide bonds. The first-order valence-electron chi connectivity index (χ1n) is 7.13. The van der Waals surface area contributed by atoms with Crippen molar-refractivity contribution in [1.82, 2.24) is 5.32 Å². The third kappa shape index (κ3) is 4.50. The van der Waals surface area contributed by atoms with Crippen molar-refractivity contribution in [2.24, 2.45) is 0 Å². The summed E-state index contributed by atoms with van der Waals surface area (Å²) < 4.78 is 0. The number of rotatable bonds is 8. The first-order valence-corrected chi connectivity index (χ1v) is 9.23. The van der Waals surface area contributed by atoms with Crippen LogP contribution in [0, 0.1) is 0 Å². The monoisotopic (exact) mass is 315 g/mol. The molecule has 0 aromatic carbocycles. The third-order valence-electron chi connectivity index (χ3n) is 3.38. The average Bonchev–Trinajstić information content (AvgIpc) is 2.83. The fourth-order valence-electron chi connectivity index (χ4n) is 2.12. The number of carbonyl (C=O) groups excluding carboxylic acids is 1. The van der Waals surface area contributed by atoms with E-state index in [0.29, 0.717) is 0 Å². The minimum Gasteiger partial charge on any atom is -0.395 e. The zero-order valence-corrected chi connectivity index (χ0v) is 14.4. The van der Waals surface area contributed by atoms with Gasteiger partial charge in [-0.1, -0.05) is 20.3 Å². The van der Waals surface area contributed by atoms with Crippen LogP contribution in [0.3, 0.4) is 0 Å². The van der Waals surface area contributed by atoms with E-state index >= 15 is 0 Å². The molecule has 2 atom stereocenters. The third-order valence-corrected chi connectivity index (χ3v) is 5.78. The van der Waals surface area contributed by atoms with Gasteiger partial charge in [-0.05, 0) is 37.7 Å². The Morgan fingerprint density at radius 3 is 2.70 bits per heavy atom. The summed E-state index contributed by atoms with van der Waals surface area (Å²) in [6.07, 6.45) is 5.06. The number of aliphatic hydroxyl groups is 1. The van der Waals surface area contributed by atoms with Crippen LogP contribution in [-0.2, 0) is 12.8 Å². The molecule has 2 unspecified atom stereocenters. The van der Waals surface area contributed by atoms with Crippen LogP contribution in [-0.4, -0.2) is 35.2 Å². The summed E-state index contributed by atoms with van der Waals surface area (Å²) in [5.41, 5.74) is 1.29. The summed E-state index contributed by atoms with van der Waals surface area (Å²) in [5, 5.41) is 12.3. The Kier molecular flexibility index (Phi) is 7.62. The Labute approximate surface area is 130 Å². The van der Waals surface area contributed by atoms with Crippen molar-refractivity contribution in [1.29, 1.82) is 0 Å². The zero-order chi connectivity index (χ0) is 15.1. The molecule has 0 aliphatic carbocycles. The van der Waals surface area contributed by atoms with Gasteiger partial charge in [0.1, 0.15) is 0 Å². The topological polar surface area (TPSA) is 49.3 Å². The molecule has 1 aromatic rings. The van der Waals surface area contributed by atoms with Crippen LogP contribution in [0.5, 0.6) is 0 Å². The molecule has 0 aliphatic heterocycles. The van der Waals surface area contributed by atoms with Gasteiger partial charge >= 0.3 is 0 Å². The van der Waals surface area contributed by atoms with Gasteiger partial charge in [-0.3, -0.25) is 4.79 Å². The molecule has 1 heterocycles. The normalized spacial score (nSPS) is 14.1. The van der Waals surface area contributed by atoms with Gasteiger partial charge in [0, 0.05) is 16.2 Å². The number of amides is 1. The first kappa shape index (κ1) is 17.5. The maximum absolute atomic E-state index is 12.3. The lowest BCUT2D eigenvalue weighted by atomic mass is 10.1. The van der Waals surface area contributed by atoms with Gasteiger partial charge in [-0.2, -0.15) is 11.8 Å². The van der Waals surface area contributed by atoms with Gasteiger partial charge in [-0.25, -0.2) is 0 Å². The van der Waals surface area contributed by atoms with E-state index in [2.05, 4.69) is 19.2 Å². The Bertz CT molecular complexity index is 428. The van der Waals surface area contributed by atoms with Crippen molar-refractivity contribution in [3.63, 3.8) is 0 Å². The smallest absolute Gasteiger partial charge is 0.261 e. The van der Waals surface area contributed by atoms with E-state index in [0.717, 1.165) is 24.1 Å². The molecule has 0 saturated carbocycles. The van der Waals surface area contributed by atoms with Gasteiger partial charge in [0.2, 0.25) is 0 Å². The van der Waals surface area contributed by atoms with Crippen LogP contribution >= 0.6 is 23.1 Å². The zero-order valence-electron chi connectivity index (χ0n) is 12.7. The molecule has 5 heteroatoms. The van der Waals surface area contributed by atoms with Gasteiger partial charge in [-0.15, -0.1) is 11.3 Å². The first-order chi connectivity index (χ1) is 9.57. The van der Waals surface area contributed by atoms with E-state index in [9.17, 15) is 9.90 Å². The van der Waals surface area contributed by atoms with E-state index in [4.69, 9.17) is 0 Å². The second kappa shape index (κ2) is 8.70. The molecule has 1 rings (SSSR count). The molecule has 0 aliphatic rings.